The van der Waals surface area contributed by atoms with E-state index in [1.54, 1.807) is 38.2 Å². The maximum atomic E-state index is 13.7. The fourth-order valence-electron chi connectivity index (χ4n) is 5.52. The van der Waals surface area contributed by atoms with Gasteiger partial charge in [0.05, 0.1) is 33.9 Å². The summed E-state index contributed by atoms with van der Waals surface area (Å²) in [6.45, 7) is 1.06. The topological polar surface area (TPSA) is 93.3 Å². The molecule has 2 aliphatic rings. The van der Waals surface area contributed by atoms with E-state index < -0.39 is 12.1 Å². The van der Waals surface area contributed by atoms with Crippen LogP contribution in [0.5, 0.6) is 17.2 Å². The van der Waals surface area contributed by atoms with Crippen molar-refractivity contribution < 1.29 is 28.5 Å². The Labute approximate surface area is 209 Å². The van der Waals surface area contributed by atoms with Crippen LogP contribution < -0.4 is 14.2 Å². The summed E-state index contributed by atoms with van der Waals surface area (Å²) < 4.78 is 21.9. The summed E-state index contributed by atoms with van der Waals surface area (Å²) in [7, 11) is 6.31. The number of carbonyl (C=O) groups is 2. The highest BCUT2D eigenvalue weighted by Gasteiger charge is 2.48. The van der Waals surface area contributed by atoms with Crippen LogP contribution >= 0.6 is 0 Å². The number of hydrogen-bond acceptors (Lipinski definition) is 6. The van der Waals surface area contributed by atoms with Crippen molar-refractivity contribution in [2.75, 3.05) is 48.1 Å². The number of fused-ring (bicyclic) bond motifs is 4. The van der Waals surface area contributed by atoms with Gasteiger partial charge in [-0.2, -0.15) is 0 Å². The number of piperazine rings is 1. The summed E-state index contributed by atoms with van der Waals surface area (Å²) >= 11 is 0. The fourth-order valence-corrected chi connectivity index (χ4v) is 5.52. The minimum Gasteiger partial charge on any atom is -0.493 e. The number of aromatic amines is 1. The maximum Gasteiger partial charge on any atom is 0.246 e. The molecule has 2 amide bonds. The number of carbonyl (C=O) groups excluding carboxylic acids is 2. The van der Waals surface area contributed by atoms with E-state index in [2.05, 4.69) is 11.1 Å². The van der Waals surface area contributed by atoms with Crippen LogP contribution in [0.2, 0.25) is 0 Å². The zero-order valence-electron chi connectivity index (χ0n) is 21.0. The highest BCUT2D eigenvalue weighted by atomic mass is 16.5. The molecule has 1 saturated heterocycles. The van der Waals surface area contributed by atoms with E-state index in [1.807, 2.05) is 30.3 Å². The lowest BCUT2D eigenvalue weighted by molar-refractivity contribution is -0.158. The molecule has 0 aliphatic carbocycles. The predicted molar refractivity (Wildman–Crippen MR) is 134 cm³/mol. The van der Waals surface area contributed by atoms with E-state index in [-0.39, 0.29) is 18.4 Å². The number of nitrogens with one attached hydrogen (secondary N) is 1. The molecule has 0 spiro atoms. The van der Waals surface area contributed by atoms with Gasteiger partial charge in [-0.25, -0.2) is 0 Å². The predicted octanol–water partition coefficient (Wildman–Crippen LogP) is 2.92. The van der Waals surface area contributed by atoms with Gasteiger partial charge in [-0.3, -0.25) is 9.59 Å². The van der Waals surface area contributed by atoms with Crippen LogP contribution in [-0.4, -0.2) is 80.8 Å². The van der Waals surface area contributed by atoms with E-state index in [0.717, 1.165) is 27.7 Å². The Kier molecular flexibility index (Phi) is 6.49. The van der Waals surface area contributed by atoms with Crippen molar-refractivity contribution in [3.05, 3.63) is 53.2 Å². The van der Waals surface area contributed by atoms with Crippen LogP contribution in [0.3, 0.4) is 0 Å². The average molecular weight is 494 g/mol. The number of H-pyrrole nitrogens is 1. The van der Waals surface area contributed by atoms with Gasteiger partial charge in [-0.1, -0.05) is 18.2 Å². The van der Waals surface area contributed by atoms with Gasteiger partial charge in [0.2, 0.25) is 17.6 Å². The molecule has 0 saturated carbocycles. The first kappa shape index (κ1) is 24.0. The van der Waals surface area contributed by atoms with Gasteiger partial charge in [0.25, 0.3) is 0 Å². The second-order valence-electron chi connectivity index (χ2n) is 9.05. The Morgan fingerprint density at radius 1 is 1.00 bits per heavy atom. The van der Waals surface area contributed by atoms with Gasteiger partial charge in [-0.05, 0) is 35.7 Å². The van der Waals surface area contributed by atoms with Crippen molar-refractivity contribution in [1.82, 2.24) is 14.8 Å². The number of benzene rings is 2. The Bertz CT molecular complexity index is 1280. The number of methoxy groups -OCH3 is 4. The number of rotatable bonds is 8. The normalized spacial score (nSPS) is 19.3. The molecule has 36 heavy (non-hydrogen) atoms. The summed E-state index contributed by atoms with van der Waals surface area (Å²) in [5.41, 5.74) is 3.69. The first-order valence-electron chi connectivity index (χ1n) is 12.0. The SMILES string of the molecule is COCCCN1CC(=O)N2[C@H](c3cc(OC)c(OC)c(OC)c3)c3[nH]c4ccccc4c3C[C@@H]2C1=O. The summed E-state index contributed by atoms with van der Waals surface area (Å²) in [6, 6.07) is 10.6. The van der Waals surface area contributed by atoms with E-state index >= 15 is 0 Å². The molecule has 3 heterocycles. The lowest BCUT2D eigenvalue weighted by atomic mass is 9.86. The van der Waals surface area contributed by atoms with Crippen molar-refractivity contribution in [3.63, 3.8) is 0 Å². The van der Waals surface area contributed by atoms with Crippen molar-refractivity contribution in [2.45, 2.75) is 24.9 Å². The first-order chi connectivity index (χ1) is 17.5. The lowest BCUT2D eigenvalue weighted by Crippen LogP contribution is -2.63. The number of hydrogen-bond donors (Lipinski definition) is 1. The van der Waals surface area contributed by atoms with Gasteiger partial charge in [-0.15, -0.1) is 0 Å². The number of nitrogens with zero attached hydrogens (tertiary/aromatic N) is 2. The molecule has 1 N–H and O–H groups in total. The lowest BCUT2D eigenvalue weighted by Gasteiger charge is -2.47. The van der Waals surface area contributed by atoms with E-state index in [4.69, 9.17) is 18.9 Å². The van der Waals surface area contributed by atoms with Crippen LogP contribution in [0.25, 0.3) is 10.9 Å². The van der Waals surface area contributed by atoms with E-state index in [9.17, 15) is 9.59 Å². The molecule has 9 nitrogen and oxygen atoms in total. The van der Waals surface area contributed by atoms with E-state index in [1.165, 1.54) is 0 Å². The van der Waals surface area contributed by atoms with Crippen molar-refractivity contribution >= 4 is 22.7 Å². The van der Waals surface area contributed by atoms with Gasteiger partial charge in [0, 0.05) is 43.3 Å². The Morgan fingerprint density at radius 2 is 1.72 bits per heavy atom. The maximum absolute atomic E-state index is 13.7. The Balaban J connectivity index is 1.67. The fraction of sp³-hybridized carbons (Fsp3) is 0.407. The van der Waals surface area contributed by atoms with Crippen LogP contribution in [0.15, 0.2) is 36.4 Å². The number of amides is 2. The van der Waals surface area contributed by atoms with E-state index in [0.29, 0.717) is 43.2 Å². The minimum atomic E-state index is -0.607. The third-order valence-electron chi connectivity index (χ3n) is 7.12. The molecule has 1 aromatic heterocycles. The quantitative estimate of drug-likeness (QED) is 0.485. The monoisotopic (exact) mass is 493 g/mol. The standard InChI is InChI=1S/C27H31N3O6/c1-33-11-7-10-29-15-23(31)30-20(27(29)32)14-18-17-8-5-6-9-19(17)28-24(18)25(30)16-12-21(34-2)26(36-4)22(13-16)35-3/h5-6,8-9,12-13,20,25,28H,7,10-11,14-15H2,1-4H3/t20-,25-/m1/s1. The summed E-state index contributed by atoms with van der Waals surface area (Å²) in [6.07, 6.45) is 1.13. The molecule has 0 bridgehead atoms. The molecular formula is C27H31N3O6. The smallest absolute Gasteiger partial charge is 0.246 e. The van der Waals surface area contributed by atoms with Gasteiger partial charge in [0.15, 0.2) is 11.5 Å². The molecule has 0 unspecified atom stereocenters. The molecule has 2 atom stereocenters. The average Bonchev–Trinajstić information content (AvgIpc) is 3.27. The van der Waals surface area contributed by atoms with Crippen LogP contribution in [0.4, 0.5) is 0 Å². The number of para-hydroxylation sites is 1. The second kappa shape index (κ2) is 9.73. The largest absolute Gasteiger partial charge is 0.493 e. The molecule has 0 radical (unpaired) electrons. The molecular weight excluding hydrogens is 462 g/mol. The number of ether oxygens (including phenoxy) is 4. The molecule has 2 aliphatic heterocycles. The molecule has 1 fully saturated rings. The zero-order valence-corrected chi connectivity index (χ0v) is 21.0. The summed E-state index contributed by atoms with van der Waals surface area (Å²) in [5.74, 6) is 1.31. The Morgan fingerprint density at radius 3 is 2.39 bits per heavy atom. The van der Waals surface area contributed by atoms with Crippen LogP contribution in [0, 0.1) is 0 Å². The number of aromatic nitrogens is 1. The third kappa shape index (κ3) is 3.83. The molecule has 5 rings (SSSR count). The van der Waals surface area contributed by atoms with Gasteiger partial charge in [0.1, 0.15) is 6.04 Å². The molecule has 9 heteroatoms. The zero-order chi connectivity index (χ0) is 25.4. The minimum absolute atomic E-state index is 0.0372. The highest BCUT2D eigenvalue weighted by molar-refractivity contribution is 5.97. The second-order valence-corrected chi connectivity index (χ2v) is 9.05. The van der Waals surface area contributed by atoms with Gasteiger partial charge < -0.3 is 33.7 Å². The van der Waals surface area contributed by atoms with Gasteiger partial charge >= 0.3 is 0 Å². The summed E-state index contributed by atoms with van der Waals surface area (Å²) in [5, 5.41) is 1.06. The Hall–Kier alpha value is -3.72. The molecule has 3 aromatic rings. The molecule has 2 aromatic carbocycles. The van der Waals surface area contributed by atoms with Crippen molar-refractivity contribution in [3.8, 4) is 17.2 Å². The van der Waals surface area contributed by atoms with Crippen LogP contribution in [-0.2, 0) is 20.7 Å². The highest BCUT2D eigenvalue weighted by Crippen LogP contribution is 2.46. The first-order valence-corrected chi connectivity index (χ1v) is 12.0. The molecule has 190 valence electrons. The van der Waals surface area contributed by atoms with Crippen molar-refractivity contribution in [2.24, 2.45) is 0 Å². The van der Waals surface area contributed by atoms with Crippen molar-refractivity contribution in [1.29, 1.82) is 0 Å². The van der Waals surface area contributed by atoms with Crippen LogP contribution in [0.1, 0.15) is 29.3 Å². The third-order valence-corrected chi connectivity index (χ3v) is 7.12. The summed E-state index contributed by atoms with van der Waals surface area (Å²) in [4.78, 5) is 34.3.